The molecule has 0 radical (unpaired) electrons. The maximum absolute atomic E-state index is 10.3. The van der Waals surface area contributed by atoms with Gasteiger partial charge in [0.1, 0.15) is 5.75 Å². The molecule has 0 amide bonds. The van der Waals surface area contributed by atoms with Gasteiger partial charge in [0.15, 0.2) is 0 Å². The average Bonchev–Trinajstić information content (AvgIpc) is 2.94. The molecule has 0 saturated heterocycles. The molecule has 1 aliphatic rings. The molecule has 0 aromatic heterocycles. The van der Waals surface area contributed by atoms with Crippen molar-refractivity contribution in [2.24, 2.45) is 0 Å². The minimum Gasteiger partial charge on any atom is -0.507 e. The summed E-state index contributed by atoms with van der Waals surface area (Å²) < 4.78 is 13.1. The normalized spacial score (nSPS) is 16.5. The first kappa shape index (κ1) is 29.8. The van der Waals surface area contributed by atoms with Gasteiger partial charge in [-0.2, -0.15) is 0 Å². The van der Waals surface area contributed by atoms with Crippen LogP contribution in [0.3, 0.4) is 0 Å². The molecule has 1 unspecified atom stereocenters. The Morgan fingerprint density at radius 3 is 2.15 bits per heavy atom. The monoisotopic (exact) mass is 552 g/mol. The van der Waals surface area contributed by atoms with Gasteiger partial charge in [-0.05, 0) is 52.4 Å². The lowest BCUT2D eigenvalue weighted by Gasteiger charge is -2.43. The third-order valence-electron chi connectivity index (χ3n) is 7.64. The molecule has 2 N–H and O–H groups in total. The fourth-order valence-corrected chi connectivity index (χ4v) is 10.2. The van der Waals surface area contributed by atoms with E-state index in [1.807, 2.05) is 36.4 Å². The largest absolute Gasteiger partial charge is 0.507 e. The highest BCUT2D eigenvalue weighted by Crippen LogP contribution is 2.38. The zero-order valence-electron chi connectivity index (χ0n) is 24.1. The molecule has 4 nitrogen and oxygen atoms in total. The molecular weight excluding hydrogens is 511 g/mol. The van der Waals surface area contributed by atoms with Crippen LogP contribution in [-0.2, 0) is 9.08 Å². The molecule has 0 fully saturated rings. The number of hydrogen-bond acceptors (Lipinski definition) is 4. The fraction of sp³-hybridized carbons (Fsp3) is 0.294. The lowest BCUT2D eigenvalue weighted by Crippen LogP contribution is -2.66. The van der Waals surface area contributed by atoms with Gasteiger partial charge in [-0.15, -0.1) is 0 Å². The van der Waals surface area contributed by atoms with Crippen LogP contribution in [0.5, 0.6) is 5.75 Å². The van der Waals surface area contributed by atoms with E-state index in [1.54, 1.807) is 6.07 Å². The van der Waals surface area contributed by atoms with Gasteiger partial charge in [0.05, 0.1) is 12.7 Å². The first-order valence-corrected chi connectivity index (χ1v) is 15.9. The standard InChI is InChI=1S/C34H41BO4Si/c1-26(24-28-14-12-13-19-32(28)36)20-21-33-31(22-23-35(37)39-33)27(2)25-38-40(34(3,4)5,29-15-8-6-9-16-29)30-17-10-7-11-18-30/h6-19,22,24,33,36-37H,2,20-21,23,25H2,1,3-5H3/b26-24+. The Morgan fingerprint density at radius 2 is 1.57 bits per heavy atom. The van der Waals surface area contributed by atoms with E-state index in [-0.39, 0.29) is 16.9 Å². The Kier molecular flexibility index (Phi) is 9.69. The van der Waals surface area contributed by atoms with Crippen LogP contribution < -0.4 is 10.4 Å². The molecule has 1 heterocycles. The molecule has 40 heavy (non-hydrogen) atoms. The number of aromatic hydroxyl groups is 1. The molecule has 0 aliphatic carbocycles. The molecule has 3 aromatic carbocycles. The predicted octanol–water partition coefficient (Wildman–Crippen LogP) is 6.51. The van der Waals surface area contributed by atoms with Crippen molar-refractivity contribution in [1.82, 2.24) is 0 Å². The van der Waals surface area contributed by atoms with Crippen LogP contribution in [0.4, 0.5) is 0 Å². The van der Waals surface area contributed by atoms with Gasteiger partial charge in [-0.1, -0.05) is 124 Å². The summed E-state index contributed by atoms with van der Waals surface area (Å²) >= 11 is 0. The second-order valence-corrected chi connectivity index (χ2v) is 15.9. The highest BCUT2D eigenvalue weighted by atomic mass is 28.4. The zero-order chi connectivity index (χ0) is 28.8. The van der Waals surface area contributed by atoms with Crippen molar-refractivity contribution >= 4 is 31.9 Å². The van der Waals surface area contributed by atoms with Gasteiger partial charge < -0.3 is 19.2 Å². The van der Waals surface area contributed by atoms with E-state index in [0.717, 1.165) is 28.7 Å². The van der Waals surface area contributed by atoms with Crippen molar-refractivity contribution in [2.45, 2.75) is 58.0 Å². The second kappa shape index (κ2) is 13.0. The SMILES string of the molecule is C=C(CO[Si](c1ccccc1)(c1ccccc1)C(C)(C)C)C1=CCB(O)OC1CC/C(C)=C/c1ccccc1O. The average molecular weight is 553 g/mol. The number of rotatable bonds is 10. The predicted molar refractivity (Wildman–Crippen MR) is 169 cm³/mol. The summed E-state index contributed by atoms with van der Waals surface area (Å²) in [5, 5.41) is 22.8. The minimum atomic E-state index is -2.71. The number of allylic oxidation sites excluding steroid dienone is 2. The van der Waals surface area contributed by atoms with Crippen LogP contribution in [0.2, 0.25) is 11.4 Å². The molecule has 208 valence electrons. The van der Waals surface area contributed by atoms with Crippen molar-refractivity contribution in [3.63, 3.8) is 0 Å². The Labute approximate surface area is 241 Å². The van der Waals surface area contributed by atoms with Crippen LogP contribution in [0.25, 0.3) is 6.08 Å². The highest BCUT2D eigenvalue weighted by molar-refractivity contribution is 6.99. The maximum atomic E-state index is 10.3. The lowest BCUT2D eigenvalue weighted by molar-refractivity contribution is 0.181. The summed E-state index contributed by atoms with van der Waals surface area (Å²) in [6, 6.07) is 28.5. The molecular formula is C34H41BO4Si. The lowest BCUT2D eigenvalue weighted by atomic mass is 9.78. The van der Waals surface area contributed by atoms with E-state index in [0.29, 0.717) is 19.3 Å². The number of phenolic OH excluding ortho intramolecular Hbond substituents is 1. The summed E-state index contributed by atoms with van der Waals surface area (Å²) in [6.07, 6.45) is 5.64. The molecule has 4 rings (SSSR count). The summed E-state index contributed by atoms with van der Waals surface area (Å²) in [6.45, 7) is 13.7. The topological polar surface area (TPSA) is 58.9 Å². The Hall–Kier alpha value is -3.16. The van der Waals surface area contributed by atoms with E-state index < -0.39 is 15.4 Å². The first-order valence-electron chi connectivity index (χ1n) is 14.0. The number of phenols is 1. The maximum Gasteiger partial charge on any atom is 0.458 e. The van der Waals surface area contributed by atoms with Gasteiger partial charge >= 0.3 is 7.12 Å². The van der Waals surface area contributed by atoms with Gasteiger partial charge in [-0.3, -0.25) is 0 Å². The van der Waals surface area contributed by atoms with Gasteiger partial charge in [0.2, 0.25) is 0 Å². The van der Waals surface area contributed by atoms with Gasteiger partial charge in [-0.25, -0.2) is 0 Å². The third kappa shape index (κ3) is 6.76. The highest BCUT2D eigenvalue weighted by Gasteiger charge is 2.50. The van der Waals surface area contributed by atoms with Crippen LogP contribution in [0.1, 0.15) is 46.1 Å². The van der Waals surface area contributed by atoms with Crippen LogP contribution in [0, 0.1) is 0 Å². The van der Waals surface area contributed by atoms with E-state index >= 15 is 0 Å². The first-order chi connectivity index (χ1) is 19.1. The minimum absolute atomic E-state index is 0.131. The van der Waals surface area contributed by atoms with Crippen molar-refractivity contribution < 1.29 is 19.2 Å². The molecule has 1 atom stereocenters. The molecule has 6 heteroatoms. The molecule has 0 saturated carbocycles. The van der Waals surface area contributed by atoms with Gasteiger partial charge in [0.25, 0.3) is 8.32 Å². The summed E-state index contributed by atoms with van der Waals surface area (Å²) in [5.41, 5.74) is 3.80. The summed E-state index contributed by atoms with van der Waals surface area (Å²) in [4.78, 5) is 0. The van der Waals surface area contributed by atoms with Crippen molar-refractivity contribution in [2.75, 3.05) is 6.61 Å². The van der Waals surface area contributed by atoms with Gasteiger partial charge in [0, 0.05) is 11.9 Å². The number of para-hydroxylation sites is 1. The van der Waals surface area contributed by atoms with Crippen molar-refractivity contribution in [3.05, 3.63) is 120 Å². The Balaban J connectivity index is 1.56. The second-order valence-electron chi connectivity index (χ2n) is 11.6. The molecule has 0 bridgehead atoms. The third-order valence-corrected chi connectivity index (χ3v) is 12.6. The van der Waals surface area contributed by atoms with Crippen LogP contribution in [-0.4, -0.2) is 38.3 Å². The van der Waals surface area contributed by atoms with E-state index in [4.69, 9.17) is 9.08 Å². The van der Waals surface area contributed by atoms with E-state index in [9.17, 15) is 10.1 Å². The van der Waals surface area contributed by atoms with Crippen molar-refractivity contribution in [1.29, 1.82) is 0 Å². The fourth-order valence-electron chi connectivity index (χ4n) is 5.62. The van der Waals surface area contributed by atoms with Crippen molar-refractivity contribution in [3.8, 4) is 5.75 Å². The Morgan fingerprint density at radius 1 is 1.00 bits per heavy atom. The summed E-state index contributed by atoms with van der Waals surface area (Å²) in [5.74, 6) is 0.264. The molecule has 0 spiro atoms. The van der Waals surface area contributed by atoms with Crippen LogP contribution >= 0.6 is 0 Å². The summed E-state index contributed by atoms with van der Waals surface area (Å²) in [7, 11) is -3.54. The number of benzene rings is 3. The van der Waals surface area contributed by atoms with E-state index in [2.05, 4.69) is 88.9 Å². The Bertz CT molecular complexity index is 1310. The van der Waals surface area contributed by atoms with E-state index in [1.165, 1.54) is 10.4 Å². The van der Waals surface area contributed by atoms with Crippen LogP contribution in [0.15, 0.2) is 114 Å². The number of hydrogen-bond donors (Lipinski definition) is 2. The quantitative estimate of drug-likeness (QED) is 0.282. The smallest absolute Gasteiger partial charge is 0.458 e. The zero-order valence-corrected chi connectivity index (χ0v) is 25.1. The molecule has 3 aromatic rings. The molecule has 1 aliphatic heterocycles.